The second kappa shape index (κ2) is 7.50. The summed E-state index contributed by atoms with van der Waals surface area (Å²) in [4.78, 5) is 58.7. The van der Waals surface area contributed by atoms with Crippen LogP contribution < -0.4 is 10.5 Å². The molecule has 0 unspecified atom stereocenters. The second-order valence-electron chi connectivity index (χ2n) is 6.78. The van der Waals surface area contributed by atoms with Gasteiger partial charge in [-0.2, -0.15) is 0 Å². The van der Waals surface area contributed by atoms with Gasteiger partial charge in [0.1, 0.15) is 17.0 Å². The number of imide groups is 2. The zero-order chi connectivity index (χ0) is 21.5. The first kappa shape index (κ1) is 20.2. The summed E-state index contributed by atoms with van der Waals surface area (Å²) >= 11 is 0. The number of likely N-dealkylation sites (N-methyl/N-ethyl adjacent to an activating group) is 2. The fourth-order valence-corrected chi connectivity index (χ4v) is 3.31. The molecule has 1 aliphatic heterocycles. The van der Waals surface area contributed by atoms with Gasteiger partial charge in [-0.15, -0.1) is 0 Å². The Hall–Kier alpha value is -3.49. The van der Waals surface area contributed by atoms with Gasteiger partial charge in [-0.1, -0.05) is 6.07 Å². The van der Waals surface area contributed by atoms with Crippen molar-refractivity contribution in [3.63, 3.8) is 0 Å². The molecule has 0 aliphatic carbocycles. The minimum atomic E-state index is -0.752. The van der Waals surface area contributed by atoms with Crippen molar-refractivity contribution in [2.75, 3.05) is 32.1 Å². The van der Waals surface area contributed by atoms with Crippen molar-refractivity contribution in [3.8, 4) is 0 Å². The van der Waals surface area contributed by atoms with Gasteiger partial charge in [0, 0.05) is 33.4 Å². The van der Waals surface area contributed by atoms with Gasteiger partial charge in [0.2, 0.25) is 0 Å². The molecular weight excluding hydrogens is 374 g/mol. The summed E-state index contributed by atoms with van der Waals surface area (Å²) in [5, 5.41) is 0. The number of hydrogen-bond acceptors (Lipinski definition) is 6. The molecule has 9 nitrogen and oxygen atoms in total. The first-order chi connectivity index (χ1) is 13.7. The number of anilines is 1. The highest BCUT2D eigenvalue weighted by Gasteiger charge is 2.38. The van der Waals surface area contributed by atoms with E-state index in [0.717, 1.165) is 15.4 Å². The van der Waals surface area contributed by atoms with Crippen molar-refractivity contribution >= 4 is 35.4 Å². The third kappa shape index (κ3) is 3.18. The Bertz CT molecular complexity index is 1090. The van der Waals surface area contributed by atoms with Gasteiger partial charge >= 0.3 is 6.03 Å². The van der Waals surface area contributed by atoms with E-state index in [0.29, 0.717) is 24.6 Å². The number of amides is 4. The molecule has 2 aromatic heterocycles. The summed E-state index contributed by atoms with van der Waals surface area (Å²) in [6.45, 7) is 6.89. The number of urea groups is 1. The lowest BCUT2D eigenvalue weighted by Gasteiger charge is -2.29. The number of pyridine rings is 1. The van der Waals surface area contributed by atoms with Crippen LogP contribution in [0.2, 0.25) is 0 Å². The van der Waals surface area contributed by atoms with E-state index in [1.165, 1.54) is 24.6 Å². The number of hydrogen-bond donors (Lipinski definition) is 0. The molecule has 0 spiro atoms. The molecule has 9 heteroatoms. The molecule has 2 aromatic rings. The van der Waals surface area contributed by atoms with Crippen molar-refractivity contribution in [2.45, 2.75) is 20.8 Å². The molecule has 29 heavy (non-hydrogen) atoms. The summed E-state index contributed by atoms with van der Waals surface area (Å²) in [6, 6.07) is 2.87. The fraction of sp³-hybridized carbons (Fsp3) is 0.350. The normalized spacial score (nSPS) is 14.8. The van der Waals surface area contributed by atoms with E-state index in [1.54, 1.807) is 12.3 Å². The van der Waals surface area contributed by atoms with Gasteiger partial charge in [-0.05, 0) is 38.5 Å². The van der Waals surface area contributed by atoms with Crippen molar-refractivity contribution < 1.29 is 14.4 Å². The van der Waals surface area contributed by atoms with Crippen LogP contribution in [0.1, 0.15) is 25.0 Å². The summed E-state index contributed by atoms with van der Waals surface area (Å²) in [6.07, 6.45) is 2.85. The quantitative estimate of drug-likeness (QED) is 0.570. The van der Waals surface area contributed by atoms with Gasteiger partial charge in [0.15, 0.2) is 0 Å². The Balaban J connectivity index is 2.35. The maximum atomic E-state index is 13.3. The van der Waals surface area contributed by atoms with Gasteiger partial charge in [-0.3, -0.25) is 28.6 Å². The minimum absolute atomic E-state index is 0.129. The third-order valence-corrected chi connectivity index (χ3v) is 5.06. The molecule has 3 rings (SSSR count). The summed E-state index contributed by atoms with van der Waals surface area (Å²) in [5.74, 6) is -1.11. The van der Waals surface area contributed by atoms with Gasteiger partial charge < -0.3 is 4.90 Å². The van der Waals surface area contributed by atoms with Crippen LogP contribution in [0.3, 0.4) is 0 Å². The number of carbonyl (C=O) groups excluding carboxylic acids is 3. The van der Waals surface area contributed by atoms with Crippen LogP contribution in [-0.4, -0.2) is 64.2 Å². The Kier molecular flexibility index (Phi) is 5.23. The van der Waals surface area contributed by atoms with Crippen molar-refractivity contribution in [2.24, 2.45) is 0 Å². The summed E-state index contributed by atoms with van der Waals surface area (Å²) in [7, 11) is 2.59. The van der Waals surface area contributed by atoms with E-state index in [-0.39, 0.29) is 11.1 Å². The number of aryl methyl sites for hydroxylation is 1. The number of rotatable bonds is 4. The maximum absolute atomic E-state index is 13.3. The zero-order valence-electron chi connectivity index (χ0n) is 17.1. The first-order valence-electron chi connectivity index (χ1n) is 9.31. The van der Waals surface area contributed by atoms with Gasteiger partial charge in [0.25, 0.3) is 17.4 Å². The highest BCUT2D eigenvalue weighted by atomic mass is 16.2. The standard InChI is InChI=1S/C20H23N5O4/c1-6-24(7-2)16-13(19(28)25-10-8-9-12(3)15(25)21-16)11-14-17(26)22(4)20(29)23(5)18(14)27/h8-11H,6-7H2,1-5H3. The van der Waals surface area contributed by atoms with Crippen LogP contribution in [0.4, 0.5) is 10.6 Å². The van der Waals surface area contributed by atoms with E-state index in [2.05, 4.69) is 4.98 Å². The highest BCUT2D eigenvalue weighted by molar-refractivity contribution is 6.30. The molecule has 3 heterocycles. The monoisotopic (exact) mass is 397 g/mol. The lowest BCUT2D eigenvalue weighted by atomic mass is 10.1. The molecule has 1 aliphatic rings. The molecule has 1 fully saturated rings. The molecule has 1 saturated heterocycles. The highest BCUT2D eigenvalue weighted by Crippen LogP contribution is 2.23. The predicted molar refractivity (Wildman–Crippen MR) is 109 cm³/mol. The lowest BCUT2D eigenvalue weighted by Crippen LogP contribution is -2.53. The average Bonchev–Trinajstić information content (AvgIpc) is 2.71. The van der Waals surface area contributed by atoms with Crippen molar-refractivity contribution in [1.29, 1.82) is 0 Å². The van der Waals surface area contributed by atoms with Crippen LogP contribution in [0.15, 0.2) is 28.7 Å². The Morgan fingerprint density at radius 1 is 1.03 bits per heavy atom. The molecule has 0 aromatic carbocycles. The van der Waals surface area contributed by atoms with Gasteiger partial charge in [-0.25, -0.2) is 9.78 Å². The average molecular weight is 397 g/mol. The lowest BCUT2D eigenvalue weighted by molar-refractivity contribution is -0.134. The number of carbonyl (C=O) groups is 3. The molecule has 0 N–H and O–H groups in total. The molecule has 152 valence electrons. The molecule has 0 bridgehead atoms. The van der Waals surface area contributed by atoms with Crippen LogP contribution in [-0.2, 0) is 9.59 Å². The largest absolute Gasteiger partial charge is 0.356 e. The van der Waals surface area contributed by atoms with Gasteiger partial charge in [0.05, 0.1) is 5.56 Å². The number of aromatic nitrogens is 2. The second-order valence-corrected chi connectivity index (χ2v) is 6.78. The Morgan fingerprint density at radius 2 is 1.62 bits per heavy atom. The minimum Gasteiger partial charge on any atom is -0.356 e. The smallest absolute Gasteiger partial charge is 0.333 e. The van der Waals surface area contributed by atoms with Crippen LogP contribution in [0, 0.1) is 6.92 Å². The van der Waals surface area contributed by atoms with Crippen molar-refractivity contribution in [1.82, 2.24) is 19.2 Å². The topological polar surface area (TPSA) is 95.3 Å². The van der Waals surface area contributed by atoms with Crippen molar-refractivity contribution in [3.05, 3.63) is 45.4 Å². The molecule has 0 radical (unpaired) electrons. The van der Waals surface area contributed by atoms with E-state index < -0.39 is 23.4 Å². The predicted octanol–water partition coefficient (Wildman–Crippen LogP) is 1.28. The Morgan fingerprint density at radius 3 is 2.17 bits per heavy atom. The SMILES string of the molecule is CCN(CC)c1nc2c(C)cccn2c(=O)c1C=C1C(=O)N(C)C(=O)N(C)C1=O. The molecule has 0 atom stereocenters. The number of nitrogens with zero attached hydrogens (tertiary/aromatic N) is 5. The molecular formula is C20H23N5O4. The molecule has 4 amide bonds. The van der Waals surface area contributed by atoms with Crippen LogP contribution >= 0.6 is 0 Å². The van der Waals surface area contributed by atoms with E-state index in [1.807, 2.05) is 31.7 Å². The van der Waals surface area contributed by atoms with E-state index >= 15 is 0 Å². The van der Waals surface area contributed by atoms with E-state index in [4.69, 9.17) is 0 Å². The van der Waals surface area contributed by atoms with Crippen LogP contribution in [0.5, 0.6) is 0 Å². The summed E-state index contributed by atoms with van der Waals surface area (Å²) < 4.78 is 1.39. The maximum Gasteiger partial charge on any atom is 0.333 e. The fourth-order valence-electron chi connectivity index (χ4n) is 3.31. The number of fused-ring (bicyclic) bond motifs is 1. The molecule has 0 saturated carbocycles. The Labute approximate surface area is 167 Å². The summed E-state index contributed by atoms with van der Waals surface area (Å²) in [5.41, 5.74) is 0.814. The zero-order valence-corrected chi connectivity index (χ0v) is 17.1. The third-order valence-electron chi connectivity index (χ3n) is 5.06. The first-order valence-corrected chi connectivity index (χ1v) is 9.31. The number of barbiturate groups is 1. The van der Waals surface area contributed by atoms with Crippen LogP contribution in [0.25, 0.3) is 11.7 Å². The van der Waals surface area contributed by atoms with E-state index in [9.17, 15) is 19.2 Å².